The Kier molecular flexibility index (Phi) is 4.23. The summed E-state index contributed by atoms with van der Waals surface area (Å²) in [7, 11) is 1.66. The van der Waals surface area contributed by atoms with Gasteiger partial charge in [-0.2, -0.15) is 0 Å². The van der Waals surface area contributed by atoms with Crippen LogP contribution in [0, 0.1) is 0 Å². The van der Waals surface area contributed by atoms with Crippen LogP contribution in [0.5, 0.6) is 11.5 Å². The molecular weight excluding hydrogens is 218 g/mol. The Labute approximate surface area is 102 Å². The molecule has 0 bridgehead atoms. The molecule has 4 nitrogen and oxygen atoms in total. The first-order valence-electron chi connectivity index (χ1n) is 5.97. The average Bonchev–Trinajstić information content (AvgIpc) is 2.73. The highest BCUT2D eigenvalue weighted by atomic mass is 16.5. The molecule has 0 saturated carbocycles. The van der Waals surface area contributed by atoms with Gasteiger partial charge >= 0.3 is 0 Å². The normalized spacial score (nSPS) is 17.6. The van der Waals surface area contributed by atoms with Gasteiger partial charge in [0.15, 0.2) is 0 Å². The molecule has 1 aliphatic rings. The lowest BCUT2D eigenvalue weighted by atomic mass is 10.1. The van der Waals surface area contributed by atoms with E-state index < -0.39 is 0 Å². The van der Waals surface area contributed by atoms with Crippen molar-refractivity contribution in [3.8, 4) is 11.5 Å². The van der Waals surface area contributed by atoms with Crippen LogP contribution < -0.4 is 14.8 Å². The summed E-state index contributed by atoms with van der Waals surface area (Å²) in [6, 6.07) is 6.30. The lowest BCUT2D eigenvalue weighted by Gasteiger charge is -2.10. The maximum atomic E-state index is 5.64. The molecule has 1 aliphatic heterocycles. The third kappa shape index (κ3) is 2.90. The van der Waals surface area contributed by atoms with Gasteiger partial charge in [-0.15, -0.1) is 0 Å². The van der Waals surface area contributed by atoms with Crippen LogP contribution in [0.15, 0.2) is 18.2 Å². The Morgan fingerprint density at radius 1 is 1.41 bits per heavy atom. The van der Waals surface area contributed by atoms with Crippen molar-refractivity contribution in [2.45, 2.75) is 13.0 Å². The molecule has 1 heterocycles. The minimum Gasteiger partial charge on any atom is -0.491 e. The molecule has 1 aromatic rings. The van der Waals surface area contributed by atoms with Crippen LogP contribution in [0.1, 0.15) is 18.5 Å². The monoisotopic (exact) mass is 237 g/mol. The van der Waals surface area contributed by atoms with Gasteiger partial charge in [0.05, 0.1) is 12.6 Å². The van der Waals surface area contributed by atoms with E-state index in [9.17, 15) is 0 Å². The van der Waals surface area contributed by atoms with Gasteiger partial charge in [0.25, 0.3) is 0 Å². The van der Waals surface area contributed by atoms with Crippen molar-refractivity contribution in [2.75, 3.05) is 33.5 Å². The van der Waals surface area contributed by atoms with Crippen molar-refractivity contribution in [3.05, 3.63) is 23.8 Å². The SMILES string of the molecule is CCNC1COc2cc(OCCOC)ccc21. The van der Waals surface area contributed by atoms with Crippen LogP contribution >= 0.6 is 0 Å². The minimum absolute atomic E-state index is 0.308. The molecule has 0 spiro atoms. The van der Waals surface area contributed by atoms with Crippen molar-refractivity contribution < 1.29 is 14.2 Å². The number of hydrogen-bond acceptors (Lipinski definition) is 4. The quantitative estimate of drug-likeness (QED) is 0.765. The topological polar surface area (TPSA) is 39.7 Å². The molecule has 0 amide bonds. The molecule has 0 saturated heterocycles. The zero-order valence-corrected chi connectivity index (χ0v) is 10.4. The van der Waals surface area contributed by atoms with E-state index in [1.807, 2.05) is 12.1 Å². The molecule has 0 radical (unpaired) electrons. The lowest BCUT2D eigenvalue weighted by Crippen LogP contribution is -2.21. The smallest absolute Gasteiger partial charge is 0.127 e. The van der Waals surface area contributed by atoms with E-state index >= 15 is 0 Å². The maximum absolute atomic E-state index is 5.64. The van der Waals surface area contributed by atoms with E-state index in [0.717, 1.165) is 18.0 Å². The molecule has 0 aliphatic carbocycles. The molecule has 0 aromatic heterocycles. The fraction of sp³-hybridized carbons (Fsp3) is 0.538. The van der Waals surface area contributed by atoms with Crippen LogP contribution in [0.25, 0.3) is 0 Å². The van der Waals surface area contributed by atoms with Crippen LogP contribution in [0.4, 0.5) is 0 Å². The molecule has 1 aromatic carbocycles. The van der Waals surface area contributed by atoms with Crippen molar-refractivity contribution in [1.82, 2.24) is 5.32 Å². The van der Waals surface area contributed by atoms with Gasteiger partial charge < -0.3 is 19.5 Å². The number of nitrogens with one attached hydrogen (secondary N) is 1. The van der Waals surface area contributed by atoms with Crippen LogP contribution in [-0.4, -0.2) is 33.5 Å². The zero-order chi connectivity index (χ0) is 12.1. The number of likely N-dealkylation sites (N-methyl/N-ethyl adjacent to an activating group) is 1. The number of benzene rings is 1. The van der Waals surface area contributed by atoms with Crippen molar-refractivity contribution in [3.63, 3.8) is 0 Å². The third-order valence-electron chi connectivity index (χ3n) is 2.77. The largest absolute Gasteiger partial charge is 0.491 e. The summed E-state index contributed by atoms with van der Waals surface area (Å²) in [6.07, 6.45) is 0. The lowest BCUT2D eigenvalue weighted by molar-refractivity contribution is 0.146. The van der Waals surface area contributed by atoms with E-state index in [1.165, 1.54) is 5.56 Å². The summed E-state index contributed by atoms with van der Waals surface area (Å²) in [6.45, 7) is 4.90. The standard InChI is InChI=1S/C13H19NO3/c1-3-14-12-9-17-13-8-10(4-5-11(12)13)16-7-6-15-2/h4-5,8,12,14H,3,6-7,9H2,1-2H3. The van der Waals surface area contributed by atoms with Gasteiger partial charge in [0.2, 0.25) is 0 Å². The highest BCUT2D eigenvalue weighted by Gasteiger charge is 2.23. The van der Waals surface area contributed by atoms with Gasteiger partial charge in [-0.1, -0.05) is 6.92 Å². The number of fused-ring (bicyclic) bond motifs is 1. The second-order valence-corrected chi connectivity index (χ2v) is 3.96. The number of ether oxygens (including phenoxy) is 3. The van der Waals surface area contributed by atoms with Gasteiger partial charge in [-0.25, -0.2) is 0 Å². The fourth-order valence-corrected chi connectivity index (χ4v) is 1.94. The van der Waals surface area contributed by atoms with Crippen molar-refractivity contribution in [2.24, 2.45) is 0 Å². The highest BCUT2D eigenvalue weighted by Crippen LogP contribution is 2.35. The molecular formula is C13H19NO3. The number of methoxy groups -OCH3 is 1. The van der Waals surface area contributed by atoms with E-state index in [-0.39, 0.29) is 0 Å². The molecule has 2 rings (SSSR count). The second kappa shape index (κ2) is 5.89. The van der Waals surface area contributed by atoms with E-state index in [0.29, 0.717) is 25.9 Å². The first-order valence-corrected chi connectivity index (χ1v) is 5.97. The maximum Gasteiger partial charge on any atom is 0.127 e. The molecule has 1 N–H and O–H groups in total. The fourth-order valence-electron chi connectivity index (χ4n) is 1.94. The number of hydrogen-bond donors (Lipinski definition) is 1. The third-order valence-corrected chi connectivity index (χ3v) is 2.77. The molecule has 0 fully saturated rings. The summed E-state index contributed by atoms with van der Waals surface area (Å²) < 4.78 is 16.1. The molecule has 1 unspecified atom stereocenters. The van der Waals surface area contributed by atoms with Crippen LogP contribution in [-0.2, 0) is 4.74 Å². The zero-order valence-electron chi connectivity index (χ0n) is 10.4. The Bertz CT molecular complexity index is 368. The van der Waals surface area contributed by atoms with Gasteiger partial charge in [0, 0.05) is 18.7 Å². The van der Waals surface area contributed by atoms with Crippen LogP contribution in [0.3, 0.4) is 0 Å². The predicted octanol–water partition coefficient (Wildman–Crippen LogP) is 1.75. The summed E-state index contributed by atoms with van der Waals surface area (Å²) >= 11 is 0. The molecule has 1 atom stereocenters. The van der Waals surface area contributed by atoms with Gasteiger partial charge in [0.1, 0.15) is 24.7 Å². The first kappa shape index (κ1) is 12.2. The van der Waals surface area contributed by atoms with Crippen molar-refractivity contribution >= 4 is 0 Å². The Morgan fingerprint density at radius 2 is 2.29 bits per heavy atom. The summed E-state index contributed by atoms with van der Waals surface area (Å²) in [5.74, 6) is 1.75. The first-order chi connectivity index (χ1) is 8.35. The summed E-state index contributed by atoms with van der Waals surface area (Å²) in [4.78, 5) is 0. The summed E-state index contributed by atoms with van der Waals surface area (Å²) in [5, 5.41) is 3.39. The second-order valence-electron chi connectivity index (χ2n) is 3.96. The number of rotatable bonds is 6. The van der Waals surface area contributed by atoms with Crippen molar-refractivity contribution in [1.29, 1.82) is 0 Å². The van der Waals surface area contributed by atoms with E-state index in [2.05, 4.69) is 18.3 Å². The minimum atomic E-state index is 0.308. The molecule has 4 heteroatoms. The van der Waals surface area contributed by atoms with Gasteiger partial charge in [-0.3, -0.25) is 0 Å². The molecule has 94 valence electrons. The van der Waals surface area contributed by atoms with E-state index in [4.69, 9.17) is 14.2 Å². The van der Waals surface area contributed by atoms with Gasteiger partial charge in [-0.05, 0) is 18.7 Å². The predicted molar refractivity (Wildman–Crippen MR) is 65.7 cm³/mol. The van der Waals surface area contributed by atoms with Crippen LogP contribution in [0.2, 0.25) is 0 Å². The Morgan fingerprint density at radius 3 is 3.06 bits per heavy atom. The molecule has 17 heavy (non-hydrogen) atoms. The summed E-state index contributed by atoms with van der Waals surface area (Å²) in [5.41, 5.74) is 1.21. The Balaban J connectivity index is 2.01. The Hall–Kier alpha value is -1.26. The highest BCUT2D eigenvalue weighted by molar-refractivity contribution is 5.45. The van der Waals surface area contributed by atoms with E-state index in [1.54, 1.807) is 7.11 Å². The average molecular weight is 237 g/mol.